The van der Waals surface area contributed by atoms with Crippen molar-refractivity contribution >= 4 is 35.3 Å². The van der Waals surface area contributed by atoms with Gasteiger partial charge >= 0.3 is 0 Å². The molecule has 0 bridgehead atoms. The molecule has 0 spiro atoms. The molecular weight excluding hydrogens is 99.0 g/mol. The molecular formula is C5H10NaO. The molecule has 0 aliphatic rings. The van der Waals surface area contributed by atoms with E-state index < -0.39 is 0 Å². The van der Waals surface area contributed by atoms with Gasteiger partial charge < -0.3 is 4.79 Å². The van der Waals surface area contributed by atoms with Gasteiger partial charge in [-0.25, -0.2) is 0 Å². The largest absolute Gasteiger partial charge is 0.300 e. The molecule has 0 aliphatic carbocycles. The van der Waals surface area contributed by atoms with Crippen LogP contribution in [0, 0.1) is 0 Å². The van der Waals surface area contributed by atoms with Gasteiger partial charge in [-0.1, -0.05) is 6.92 Å². The van der Waals surface area contributed by atoms with Gasteiger partial charge in [0.1, 0.15) is 5.78 Å². The molecule has 1 radical (unpaired) electrons. The maximum Gasteiger partial charge on any atom is 0.129 e. The monoisotopic (exact) mass is 109 g/mol. The van der Waals surface area contributed by atoms with Crippen LogP contribution >= 0.6 is 0 Å². The van der Waals surface area contributed by atoms with E-state index in [9.17, 15) is 4.79 Å². The topological polar surface area (TPSA) is 17.1 Å². The molecule has 7 heavy (non-hydrogen) atoms. The Kier molecular flexibility index (Phi) is 10.1. The summed E-state index contributed by atoms with van der Waals surface area (Å²) in [5, 5.41) is 0. The van der Waals surface area contributed by atoms with E-state index in [0.29, 0.717) is 0 Å². The van der Waals surface area contributed by atoms with Crippen molar-refractivity contribution in [1.29, 1.82) is 0 Å². The second-order valence-corrected chi connectivity index (χ2v) is 1.45. The van der Waals surface area contributed by atoms with Crippen LogP contribution in [0.3, 0.4) is 0 Å². The smallest absolute Gasteiger partial charge is 0.129 e. The number of hydrogen-bond acceptors (Lipinski definition) is 1. The first kappa shape index (κ1) is 10.6. The Labute approximate surface area is 66.8 Å². The van der Waals surface area contributed by atoms with Gasteiger partial charge in [0.15, 0.2) is 0 Å². The average molecular weight is 109 g/mol. The molecule has 0 atom stereocenters. The van der Waals surface area contributed by atoms with E-state index in [0.717, 1.165) is 12.8 Å². The van der Waals surface area contributed by atoms with Crippen molar-refractivity contribution in [3.05, 3.63) is 0 Å². The Bertz CT molecular complexity index is 52.0. The van der Waals surface area contributed by atoms with E-state index in [-0.39, 0.29) is 35.3 Å². The van der Waals surface area contributed by atoms with Crippen molar-refractivity contribution in [1.82, 2.24) is 0 Å². The Hall–Kier alpha value is 0.670. The second kappa shape index (κ2) is 6.67. The number of rotatable bonds is 2. The number of hydrogen-bond donors (Lipinski definition) is 0. The molecule has 0 aromatic rings. The van der Waals surface area contributed by atoms with Crippen molar-refractivity contribution in [2.45, 2.75) is 26.7 Å². The Morgan fingerprint density at radius 2 is 2.00 bits per heavy atom. The number of Topliss-reactive ketones (excluding diaryl/α,β-unsaturated/α-hetero) is 1. The fourth-order valence-corrected chi connectivity index (χ4v) is 0.352. The van der Waals surface area contributed by atoms with Crippen LogP contribution in [0.15, 0.2) is 0 Å². The second-order valence-electron chi connectivity index (χ2n) is 1.45. The van der Waals surface area contributed by atoms with Gasteiger partial charge in [-0.15, -0.1) is 0 Å². The number of carbonyl (C=O) groups is 1. The van der Waals surface area contributed by atoms with E-state index in [1.165, 1.54) is 0 Å². The molecule has 0 fully saturated rings. The van der Waals surface area contributed by atoms with Crippen molar-refractivity contribution in [3.8, 4) is 0 Å². The van der Waals surface area contributed by atoms with Gasteiger partial charge in [0.2, 0.25) is 0 Å². The molecule has 0 aromatic carbocycles. The van der Waals surface area contributed by atoms with Crippen LogP contribution in [0.2, 0.25) is 0 Å². The SMILES string of the molecule is CCCC(C)=O.[Na]. The van der Waals surface area contributed by atoms with E-state index in [1.807, 2.05) is 6.92 Å². The van der Waals surface area contributed by atoms with Crippen LogP contribution < -0.4 is 0 Å². The first-order chi connectivity index (χ1) is 2.77. The van der Waals surface area contributed by atoms with E-state index >= 15 is 0 Å². The molecule has 0 unspecified atom stereocenters. The van der Waals surface area contributed by atoms with Crippen LogP contribution in [0.25, 0.3) is 0 Å². The van der Waals surface area contributed by atoms with Gasteiger partial charge in [-0.2, -0.15) is 0 Å². The predicted molar refractivity (Wildman–Crippen MR) is 31.3 cm³/mol. The molecule has 0 aliphatic heterocycles. The third-order valence-corrected chi connectivity index (χ3v) is 0.602. The van der Waals surface area contributed by atoms with Crippen LogP contribution in [-0.2, 0) is 4.79 Å². The zero-order valence-electron chi connectivity index (χ0n) is 5.32. The maximum absolute atomic E-state index is 10.0. The zero-order valence-corrected chi connectivity index (χ0v) is 7.32. The fraction of sp³-hybridized carbons (Fsp3) is 0.800. The molecule has 37 valence electrons. The molecule has 0 amide bonds. The van der Waals surface area contributed by atoms with Crippen molar-refractivity contribution in [2.24, 2.45) is 0 Å². The molecule has 2 heteroatoms. The Balaban J connectivity index is 0. The van der Waals surface area contributed by atoms with Gasteiger partial charge in [-0.05, 0) is 13.3 Å². The summed E-state index contributed by atoms with van der Waals surface area (Å²) in [7, 11) is 0. The summed E-state index contributed by atoms with van der Waals surface area (Å²) in [5.74, 6) is 0.289. The summed E-state index contributed by atoms with van der Waals surface area (Å²) in [6, 6.07) is 0. The molecule has 0 rings (SSSR count). The summed E-state index contributed by atoms with van der Waals surface area (Å²) in [4.78, 5) is 10.0. The summed E-state index contributed by atoms with van der Waals surface area (Å²) in [6.45, 7) is 3.62. The van der Waals surface area contributed by atoms with Gasteiger partial charge in [0.25, 0.3) is 0 Å². The Morgan fingerprint density at radius 1 is 1.57 bits per heavy atom. The first-order valence-electron chi connectivity index (χ1n) is 2.26. The van der Waals surface area contributed by atoms with Gasteiger partial charge in [0.05, 0.1) is 0 Å². The van der Waals surface area contributed by atoms with Crippen LogP contribution in [0.4, 0.5) is 0 Å². The van der Waals surface area contributed by atoms with E-state index in [1.54, 1.807) is 6.92 Å². The average Bonchev–Trinajstić information content (AvgIpc) is 1.35. The summed E-state index contributed by atoms with van der Waals surface area (Å²) < 4.78 is 0. The van der Waals surface area contributed by atoms with Crippen LogP contribution in [-0.4, -0.2) is 35.3 Å². The minimum absolute atomic E-state index is 0. The molecule has 1 nitrogen and oxygen atoms in total. The minimum Gasteiger partial charge on any atom is -0.300 e. The van der Waals surface area contributed by atoms with Crippen molar-refractivity contribution in [3.63, 3.8) is 0 Å². The quantitative estimate of drug-likeness (QED) is 0.483. The van der Waals surface area contributed by atoms with E-state index in [2.05, 4.69) is 0 Å². The summed E-state index contributed by atoms with van der Waals surface area (Å²) in [6.07, 6.45) is 1.72. The maximum atomic E-state index is 10.0. The fourth-order valence-electron chi connectivity index (χ4n) is 0.352. The third kappa shape index (κ3) is 10.8. The molecule has 0 aromatic heterocycles. The minimum atomic E-state index is 0. The Morgan fingerprint density at radius 3 is 2.00 bits per heavy atom. The molecule has 0 N–H and O–H groups in total. The normalized spacial score (nSPS) is 7.14. The standard InChI is InChI=1S/C5H10O.Na/c1-3-4-5(2)6;/h3-4H2,1-2H3;. The zero-order chi connectivity index (χ0) is 4.99. The van der Waals surface area contributed by atoms with Gasteiger partial charge in [-0.3, -0.25) is 0 Å². The van der Waals surface area contributed by atoms with E-state index in [4.69, 9.17) is 0 Å². The third-order valence-electron chi connectivity index (χ3n) is 0.602. The van der Waals surface area contributed by atoms with Crippen LogP contribution in [0.1, 0.15) is 26.7 Å². The molecule has 0 saturated carbocycles. The summed E-state index contributed by atoms with van der Waals surface area (Å²) >= 11 is 0. The number of ketones is 1. The summed E-state index contributed by atoms with van der Waals surface area (Å²) in [5.41, 5.74) is 0. The number of carbonyl (C=O) groups excluding carboxylic acids is 1. The predicted octanol–water partition coefficient (Wildman–Crippen LogP) is 0.995. The molecule has 0 heterocycles. The molecule has 0 saturated heterocycles. The van der Waals surface area contributed by atoms with Crippen molar-refractivity contribution in [2.75, 3.05) is 0 Å². The first-order valence-corrected chi connectivity index (χ1v) is 2.26. The van der Waals surface area contributed by atoms with Crippen molar-refractivity contribution < 1.29 is 4.79 Å². The van der Waals surface area contributed by atoms with Crippen LogP contribution in [0.5, 0.6) is 0 Å². The van der Waals surface area contributed by atoms with Gasteiger partial charge in [0, 0.05) is 36.0 Å².